The second-order valence-electron chi connectivity index (χ2n) is 12.2. The van der Waals surface area contributed by atoms with Gasteiger partial charge in [0.25, 0.3) is 0 Å². The minimum absolute atomic E-state index is 1.12. The zero-order valence-corrected chi connectivity index (χ0v) is 25.8. The summed E-state index contributed by atoms with van der Waals surface area (Å²) in [5.41, 5.74) is 8.26. The summed E-state index contributed by atoms with van der Waals surface area (Å²) in [5.74, 6) is 0. The number of anilines is 3. The van der Waals surface area contributed by atoms with Crippen LogP contribution in [0.2, 0.25) is 0 Å². The highest BCUT2D eigenvalue weighted by Gasteiger charge is 2.14. The SMILES string of the molecule is c1ccc(N(c2ccc(-c3ccc4ccc5c6ccccc6ccc5c4c3)cc2)c2ccc(-c3cccc4ccccc34)cc2)cc1. The van der Waals surface area contributed by atoms with Crippen molar-refractivity contribution in [1.29, 1.82) is 0 Å². The maximum Gasteiger partial charge on any atom is 0.0462 e. The van der Waals surface area contributed by atoms with E-state index in [4.69, 9.17) is 0 Å². The van der Waals surface area contributed by atoms with Gasteiger partial charge in [-0.05, 0) is 108 Å². The lowest BCUT2D eigenvalue weighted by atomic mass is 9.94. The highest BCUT2D eigenvalue weighted by Crippen LogP contribution is 2.38. The van der Waals surface area contributed by atoms with Crippen molar-refractivity contribution in [3.8, 4) is 22.3 Å². The Bertz CT molecular complexity index is 2540. The van der Waals surface area contributed by atoms with Crippen LogP contribution in [-0.2, 0) is 0 Å². The Morgan fingerprint density at radius 1 is 0.255 bits per heavy atom. The van der Waals surface area contributed by atoms with Crippen molar-refractivity contribution in [1.82, 2.24) is 0 Å². The zero-order valence-electron chi connectivity index (χ0n) is 25.8. The summed E-state index contributed by atoms with van der Waals surface area (Å²) in [6.45, 7) is 0. The van der Waals surface area contributed by atoms with Gasteiger partial charge in [0.15, 0.2) is 0 Å². The van der Waals surface area contributed by atoms with Crippen molar-refractivity contribution >= 4 is 60.2 Å². The molecule has 1 nitrogen and oxygen atoms in total. The number of rotatable bonds is 5. The average molecular weight is 598 g/mol. The molecule has 0 unspecified atom stereocenters. The maximum absolute atomic E-state index is 2.35. The Labute approximate surface area is 274 Å². The van der Waals surface area contributed by atoms with Crippen molar-refractivity contribution in [3.05, 3.63) is 188 Å². The first-order chi connectivity index (χ1) is 23.3. The molecule has 0 spiro atoms. The number of hydrogen-bond donors (Lipinski definition) is 0. The molecule has 0 amide bonds. The van der Waals surface area contributed by atoms with Crippen LogP contribution in [0.1, 0.15) is 0 Å². The van der Waals surface area contributed by atoms with Gasteiger partial charge in [-0.25, -0.2) is 0 Å². The van der Waals surface area contributed by atoms with Gasteiger partial charge in [-0.2, -0.15) is 0 Å². The fourth-order valence-corrected chi connectivity index (χ4v) is 7.09. The first-order valence-corrected chi connectivity index (χ1v) is 16.2. The van der Waals surface area contributed by atoms with E-state index in [2.05, 4.69) is 193 Å². The molecule has 0 fully saturated rings. The van der Waals surface area contributed by atoms with Gasteiger partial charge < -0.3 is 4.90 Å². The second kappa shape index (κ2) is 11.3. The first-order valence-electron chi connectivity index (χ1n) is 16.2. The molecule has 0 radical (unpaired) electrons. The van der Waals surface area contributed by atoms with Crippen LogP contribution in [0.25, 0.3) is 65.3 Å². The van der Waals surface area contributed by atoms with Crippen molar-refractivity contribution in [2.24, 2.45) is 0 Å². The van der Waals surface area contributed by atoms with Crippen LogP contribution in [0.4, 0.5) is 17.1 Å². The summed E-state index contributed by atoms with van der Waals surface area (Å²) >= 11 is 0. The Morgan fingerprint density at radius 2 is 0.745 bits per heavy atom. The predicted molar refractivity (Wildman–Crippen MR) is 202 cm³/mol. The highest BCUT2D eigenvalue weighted by atomic mass is 15.1. The van der Waals surface area contributed by atoms with E-state index in [1.807, 2.05) is 0 Å². The van der Waals surface area contributed by atoms with E-state index in [0.29, 0.717) is 0 Å². The van der Waals surface area contributed by atoms with E-state index in [-0.39, 0.29) is 0 Å². The summed E-state index contributed by atoms with van der Waals surface area (Å²) in [5, 5.41) is 10.2. The summed E-state index contributed by atoms with van der Waals surface area (Å²) in [4.78, 5) is 2.33. The quantitative estimate of drug-likeness (QED) is 0.178. The molecule has 9 aromatic rings. The van der Waals surface area contributed by atoms with E-state index < -0.39 is 0 Å². The Hall–Kier alpha value is -6.18. The molecule has 0 aliphatic carbocycles. The average Bonchev–Trinajstić information content (AvgIpc) is 3.15. The summed E-state index contributed by atoms with van der Waals surface area (Å²) in [6, 6.07) is 68.2. The molecule has 0 N–H and O–H groups in total. The van der Waals surface area contributed by atoms with Gasteiger partial charge in [0.05, 0.1) is 0 Å². The Kier molecular flexibility index (Phi) is 6.54. The van der Waals surface area contributed by atoms with Crippen LogP contribution < -0.4 is 4.90 Å². The van der Waals surface area contributed by atoms with Gasteiger partial charge in [0.2, 0.25) is 0 Å². The fraction of sp³-hybridized carbons (Fsp3) is 0. The minimum Gasteiger partial charge on any atom is -0.311 e. The van der Waals surface area contributed by atoms with Gasteiger partial charge in [0, 0.05) is 17.1 Å². The van der Waals surface area contributed by atoms with Gasteiger partial charge >= 0.3 is 0 Å². The lowest BCUT2D eigenvalue weighted by Gasteiger charge is -2.26. The van der Waals surface area contributed by atoms with Crippen molar-refractivity contribution < 1.29 is 0 Å². The number of fused-ring (bicyclic) bond motifs is 6. The van der Waals surface area contributed by atoms with Gasteiger partial charge in [-0.15, -0.1) is 0 Å². The molecule has 0 bridgehead atoms. The lowest BCUT2D eigenvalue weighted by Crippen LogP contribution is -2.09. The Morgan fingerprint density at radius 3 is 1.47 bits per heavy atom. The smallest absolute Gasteiger partial charge is 0.0462 e. The highest BCUT2D eigenvalue weighted by molar-refractivity contribution is 6.17. The van der Waals surface area contributed by atoms with Gasteiger partial charge in [-0.1, -0.05) is 146 Å². The predicted octanol–water partition coefficient (Wildman–Crippen LogP) is 13.1. The molecule has 220 valence electrons. The number of para-hydroxylation sites is 1. The molecule has 9 aromatic carbocycles. The Balaban J connectivity index is 1.09. The van der Waals surface area contributed by atoms with Crippen molar-refractivity contribution in [2.75, 3.05) is 4.90 Å². The second-order valence-corrected chi connectivity index (χ2v) is 12.2. The standard InChI is InChI=1S/C46H31N/c1-2-12-38(13-3-1)47(40-27-21-35(22-28-40)42-16-8-11-33-9-4-6-14-41(33)42)39-25-19-32(20-26-39)37-18-17-36-24-29-44-43-15-7-5-10-34(43)23-30-45(44)46(36)31-37/h1-31H. The topological polar surface area (TPSA) is 3.24 Å². The van der Waals surface area contributed by atoms with E-state index in [1.54, 1.807) is 0 Å². The summed E-state index contributed by atoms with van der Waals surface area (Å²) in [6.07, 6.45) is 0. The monoisotopic (exact) mass is 597 g/mol. The number of benzene rings is 9. The summed E-state index contributed by atoms with van der Waals surface area (Å²) in [7, 11) is 0. The van der Waals surface area contributed by atoms with E-state index in [0.717, 1.165) is 17.1 Å². The first kappa shape index (κ1) is 27.2. The molecular formula is C46H31N. The zero-order chi connectivity index (χ0) is 31.2. The third-order valence-corrected chi connectivity index (χ3v) is 9.44. The fourth-order valence-electron chi connectivity index (χ4n) is 7.09. The minimum atomic E-state index is 1.12. The molecule has 0 atom stereocenters. The number of nitrogens with zero attached hydrogens (tertiary/aromatic N) is 1. The third-order valence-electron chi connectivity index (χ3n) is 9.44. The molecular weight excluding hydrogens is 567 g/mol. The third kappa shape index (κ3) is 4.81. The van der Waals surface area contributed by atoms with Crippen LogP contribution in [0.3, 0.4) is 0 Å². The van der Waals surface area contributed by atoms with Crippen LogP contribution >= 0.6 is 0 Å². The van der Waals surface area contributed by atoms with Crippen molar-refractivity contribution in [3.63, 3.8) is 0 Å². The van der Waals surface area contributed by atoms with Crippen molar-refractivity contribution in [2.45, 2.75) is 0 Å². The van der Waals surface area contributed by atoms with Crippen LogP contribution in [-0.4, -0.2) is 0 Å². The molecule has 0 aromatic heterocycles. The van der Waals surface area contributed by atoms with Crippen LogP contribution in [0, 0.1) is 0 Å². The summed E-state index contributed by atoms with van der Waals surface area (Å²) < 4.78 is 0. The molecule has 0 heterocycles. The van der Waals surface area contributed by atoms with E-state index in [9.17, 15) is 0 Å². The molecule has 47 heavy (non-hydrogen) atoms. The molecule has 0 aliphatic heterocycles. The molecule has 9 rings (SSSR count). The van der Waals surface area contributed by atoms with Gasteiger partial charge in [0.1, 0.15) is 0 Å². The molecule has 0 saturated heterocycles. The van der Waals surface area contributed by atoms with E-state index >= 15 is 0 Å². The normalized spacial score (nSPS) is 11.4. The molecule has 1 heteroatoms. The molecule has 0 saturated carbocycles. The number of hydrogen-bond acceptors (Lipinski definition) is 1. The van der Waals surface area contributed by atoms with E-state index in [1.165, 1.54) is 65.3 Å². The van der Waals surface area contributed by atoms with Crippen LogP contribution in [0.15, 0.2) is 188 Å². The lowest BCUT2D eigenvalue weighted by molar-refractivity contribution is 1.28. The molecule has 0 aliphatic rings. The largest absolute Gasteiger partial charge is 0.311 e. The maximum atomic E-state index is 2.35. The van der Waals surface area contributed by atoms with Gasteiger partial charge in [-0.3, -0.25) is 0 Å². The van der Waals surface area contributed by atoms with Crippen LogP contribution in [0.5, 0.6) is 0 Å².